The molecule has 0 heterocycles. The highest BCUT2D eigenvalue weighted by Crippen LogP contribution is 2.10. The molecular formula is C8H11BBrN. The molecule has 1 aromatic rings. The van der Waals surface area contributed by atoms with Crippen molar-refractivity contribution >= 4 is 23.9 Å². The van der Waals surface area contributed by atoms with E-state index in [1.165, 1.54) is 5.56 Å². The lowest BCUT2D eigenvalue weighted by molar-refractivity contribution is 0.898. The van der Waals surface area contributed by atoms with Crippen LogP contribution in [0, 0.1) is 0 Å². The first kappa shape index (κ1) is 8.82. The van der Waals surface area contributed by atoms with Gasteiger partial charge in [-0.25, -0.2) is 0 Å². The number of rotatable bonds is 3. The Morgan fingerprint density at radius 2 is 1.91 bits per heavy atom. The van der Waals surface area contributed by atoms with Crippen molar-refractivity contribution in [1.29, 1.82) is 0 Å². The first-order chi connectivity index (χ1) is 5.33. The lowest BCUT2D eigenvalue weighted by atomic mass is 10.1. The van der Waals surface area contributed by atoms with E-state index in [1.54, 1.807) is 0 Å². The summed E-state index contributed by atoms with van der Waals surface area (Å²) in [5, 5.41) is 3.12. The topological polar surface area (TPSA) is 12.0 Å². The smallest absolute Gasteiger partial charge is 0.181 e. The van der Waals surface area contributed by atoms with Gasteiger partial charge in [0.25, 0.3) is 0 Å². The van der Waals surface area contributed by atoms with Crippen LogP contribution in [0.3, 0.4) is 0 Å². The lowest BCUT2D eigenvalue weighted by Gasteiger charge is -1.99. The maximum Gasteiger partial charge on any atom is 0.181 e. The van der Waals surface area contributed by atoms with Gasteiger partial charge in [0.2, 0.25) is 0 Å². The molecular weight excluding hydrogens is 201 g/mol. The largest absolute Gasteiger partial charge is 0.362 e. The maximum absolute atomic E-state index is 3.40. The number of hydrogen-bond donors (Lipinski definition) is 1. The predicted octanol–water partition coefficient (Wildman–Crippen LogP) is 1.13. The summed E-state index contributed by atoms with van der Waals surface area (Å²) in [7, 11) is 1.97. The molecule has 0 amide bonds. The molecule has 3 heteroatoms. The fourth-order valence-electron chi connectivity index (χ4n) is 0.920. The Morgan fingerprint density at radius 1 is 1.27 bits per heavy atom. The van der Waals surface area contributed by atoms with E-state index >= 15 is 0 Å². The van der Waals surface area contributed by atoms with Gasteiger partial charge in [0, 0.05) is 4.47 Å². The predicted molar refractivity (Wildman–Crippen MR) is 54.4 cm³/mol. The average molecular weight is 212 g/mol. The molecule has 0 unspecified atom stereocenters. The highest BCUT2D eigenvalue weighted by Gasteiger charge is 1.90. The van der Waals surface area contributed by atoms with Gasteiger partial charge in [0.1, 0.15) is 0 Å². The Morgan fingerprint density at radius 3 is 2.45 bits per heavy atom. The number of hydrogen-bond acceptors (Lipinski definition) is 1. The SMILES string of the molecule is BNCCc1ccc(Br)cc1. The van der Waals surface area contributed by atoms with Gasteiger partial charge < -0.3 is 5.23 Å². The highest BCUT2D eigenvalue weighted by atomic mass is 79.9. The molecule has 0 saturated heterocycles. The van der Waals surface area contributed by atoms with Crippen LogP contribution >= 0.6 is 15.9 Å². The summed E-state index contributed by atoms with van der Waals surface area (Å²) in [4.78, 5) is 0. The van der Waals surface area contributed by atoms with Gasteiger partial charge in [-0.3, -0.25) is 0 Å². The molecule has 1 nitrogen and oxygen atoms in total. The van der Waals surface area contributed by atoms with Gasteiger partial charge >= 0.3 is 0 Å². The third-order valence-corrected chi connectivity index (χ3v) is 2.11. The molecule has 0 radical (unpaired) electrons. The van der Waals surface area contributed by atoms with Crippen LogP contribution in [0.4, 0.5) is 0 Å². The molecule has 1 aromatic carbocycles. The number of benzene rings is 1. The zero-order valence-electron chi connectivity index (χ0n) is 6.60. The molecule has 58 valence electrons. The first-order valence-electron chi connectivity index (χ1n) is 3.72. The summed E-state index contributed by atoms with van der Waals surface area (Å²) in [5.74, 6) is 0. The van der Waals surface area contributed by atoms with E-state index in [1.807, 2.05) is 7.98 Å². The Hall–Kier alpha value is -0.275. The Kier molecular flexibility index (Phi) is 3.67. The number of halogens is 1. The minimum Gasteiger partial charge on any atom is -0.362 e. The van der Waals surface area contributed by atoms with Crippen molar-refractivity contribution in [1.82, 2.24) is 5.23 Å². The van der Waals surface area contributed by atoms with Gasteiger partial charge in [-0.05, 0) is 30.7 Å². The van der Waals surface area contributed by atoms with Crippen LogP contribution in [-0.2, 0) is 6.42 Å². The van der Waals surface area contributed by atoms with Crippen LogP contribution in [0.2, 0.25) is 0 Å². The van der Waals surface area contributed by atoms with E-state index in [0.717, 1.165) is 17.4 Å². The van der Waals surface area contributed by atoms with Gasteiger partial charge in [-0.1, -0.05) is 28.1 Å². The van der Waals surface area contributed by atoms with Crippen molar-refractivity contribution in [3.63, 3.8) is 0 Å². The second-order valence-corrected chi connectivity index (χ2v) is 3.40. The Bertz CT molecular complexity index is 210. The second-order valence-electron chi connectivity index (χ2n) is 2.48. The summed E-state index contributed by atoms with van der Waals surface area (Å²) in [6.07, 6.45) is 1.10. The molecule has 0 spiro atoms. The molecule has 0 aliphatic rings. The highest BCUT2D eigenvalue weighted by molar-refractivity contribution is 9.10. The summed E-state index contributed by atoms with van der Waals surface area (Å²) in [5.41, 5.74) is 1.38. The molecule has 1 N–H and O–H groups in total. The van der Waals surface area contributed by atoms with Crippen molar-refractivity contribution in [2.45, 2.75) is 6.42 Å². The summed E-state index contributed by atoms with van der Waals surface area (Å²) in [6.45, 7) is 1.04. The summed E-state index contributed by atoms with van der Waals surface area (Å²) < 4.78 is 1.14. The normalized spacial score (nSPS) is 9.91. The van der Waals surface area contributed by atoms with Gasteiger partial charge in [-0.15, -0.1) is 0 Å². The van der Waals surface area contributed by atoms with Crippen molar-refractivity contribution < 1.29 is 0 Å². The Balaban J connectivity index is 2.52. The molecule has 0 bridgehead atoms. The second kappa shape index (κ2) is 4.57. The van der Waals surface area contributed by atoms with E-state index in [-0.39, 0.29) is 0 Å². The van der Waals surface area contributed by atoms with Crippen LogP contribution in [0.5, 0.6) is 0 Å². The van der Waals surface area contributed by atoms with Gasteiger partial charge in [0.05, 0.1) is 0 Å². The molecule has 11 heavy (non-hydrogen) atoms. The first-order valence-corrected chi connectivity index (χ1v) is 4.51. The van der Waals surface area contributed by atoms with E-state index in [0.29, 0.717) is 0 Å². The van der Waals surface area contributed by atoms with Crippen molar-refractivity contribution in [3.05, 3.63) is 34.3 Å². The zero-order chi connectivity index (χ0) is 8.10. The standard InChI is InChI=1S/C8H11BBrN/c9-11-6-5-7-1-3-8(10)4-2-7/h1-4,11H,5-6,9H2. The average Bonchev–Trinajstić information content (AvgIpc) is 2.04. The van der Waals surface area contributed by atoms with Crippen molar-refractivity contribution in [2.75, 3.05) is 6.54 Å². The molecule has 0 aliphatic heterocycles. The van der Waals surface area contributed by atoms with Crippen molar-refractivity contribution in [3.8, 4) is 0 Å². The fraction of sp³-hybridized carbons (Fsp3) is 0.250. The van der Waals surface area contributed by atoms with Gasteiger partial charge in [0.15, 0.2) is 7.98 Å². The minimum absolute atomic E-state index is 1.04. The quantitative estimate of drug-likeness (QED) is 0.740. The molecule has 0 aliphatic carbocycles. The zero-order valence-corrected chi connectivity index (χ0v) is 8.19. The van der Waals surface area contributed by atoms with Crippen LogP contribution in [0.1, 0.15) is 5.56 Å². The molecule has 1 rings (SSSR count). The van der Waals surface area contributed by atoms with E-state index in [9.17, 15) is 0 Å². The van der Waals surface area contributed by atoms with Crippen LogP contribution in [0.25, 0.3) is 0 Å². The van der Waals surface area contributed by atoms with Crippen LogP contribution < -0.4 is 5.23 Å². The van der Waals surface area contributed by atoms with E-state index < -0.39 is 0 Å². The molecule has 0 aromatic heterocycles. The van der Waals surface area contributed by atoms with Crippen LogP contribution in [-0.4, -0.2) is 14.5 Å². The molecule has 0 fully saturated rings. The van der Waals surface area contributed by atoms with Crippen molar-refractivity contribution in [2.24, 2.45) is 0 Å². The third kappa shape index (κ3) is 3.08. The lowest BCUT2D eigenvalue weighted by Crippen LogP contribution is -2.12. The third-order valence-electron chi connectivity index (χ3n) is 1.58. The molecule has 0 saturated carbocycles. The minimum atomic E-state index is 1.04. The van der Waals surface area contributed by atoms with E-state index in [4.69, 9.17) is 0 Å². The fourth-order valence-corrected chi connectivity index (χ4v) is 1.18. The molecule has 0 atom stereocenters. The van der Waals surface area contributed by atoms with Gasteiger partial charge in [-0.2, -0.15) is 0 Å². The summed E-state index contributed by atoms with van der Waals surface area (Å²) >= 11 is 3.40. The number of nitrogens with one attached hydrogen (secondary N) is 1. The Labute approximate surface area is 76.8 Å². The summed E-state index contributed by atoms with van der Waals surface area (Å²) in [6, 6.07) is 8.43. The maximum atomic E-state index is 3.40. The monoisotopic (exact) mass is 211 g/mol. The van der Waals surface area contributed by atoms with E-state index in [2.05, 4.69) is 45.4 Å². The van der Waals surface area contributed by atoms with Crippen LogP contribution in [0.15, 0.2) is 28.7 Å².